The summed E-state index contributed by atoms with van der Waals surface area (Å²) >= 11 is 7.50. The van der Waals surface area contributed by atoms with Crippen molar-refractivity contribution in [1.29, 1.82) is 0 Å². The number of benzene rings is 2. The summed E-state index contributed by atoms with van der Waals surface area (Å²) in [6, 6.07) is 12.6. The fraction of sp³-hybridized carbons (Fsp3) is 0.286. The third kappa shape index (κ3) is 4.98. The Morgan fingerprint density at radius 1 is 1.24 bits per heavy atom. The summed E-state index contributed by atoms with van der Waals surface area (Å²) in [7, 11) is 1.63. The number of amides is 1. The number of hydrogen-bond acceptors (Lipinski definition) is 5. The van der Waals surface area contributed by atoms with Crippen LogP contribution in [0.4, 0.5) is 0 Å². The highest BCUT2D eigenvalue weighted by Gasteiger charge is 2.16. The fourth-order valence-electron chi connectivity index (χ4n) is 2.89. The molecule has 0 unspecified atom stereocenters. The molecule has 1 heterocycles. The molecule has 1 amide bonds. The Labute approximate surface area is 178 Å². The van der Waals surface area contributed by atoms with Crippen molar-refractivity contribution < 1.29 is 9.53 Å². The molecule has 0 spiro atoms. The van der Waals surface area contributed by atoms with E-state index in [1.54, 1.807) is 37.4 Å². The number of carbonyl (C=O) groups excluding carboxylic acids is 1. The summed E-state index contributed by atoms with van der Waals surface area (Å²) in [6.07, 6.45) is 0.744. The first kappa shape index (κ1) is 21.4. The third-order valence-corrected chi connectivity index (χ3v) is 5.75. The Bertz CT molecular complexity index is 1080. The number of hydrogen-bond donors (Lipinski definition) is 1. The number of methoxy groups -OCH3 is 1. The summed E-state index contributed by atoms with van der Waals surface area (Å²) in [4.78, 5) is 30.1. The largest absolute Gasteiger partial charge is 0.385 e. The summed E-state index contributed by atoms with van der Waals surface area (Å²) in [6.45, 7) is 2.99. The summed E-state index contributed by atoms with van der Waals surface area (Å²) in [5.41, 5.74) is 1.84. The minimum absolute atomic E-state index is 0.122. The van der Waals surface area contributed by atoms with Gasteiger partial charge in [0.1, 0.15) is 0 Å². The minimum Gasteiger partial charge on any atom is -0.385 e. The number of thioether (sulfide) groups is 1. The van der Waals surface area contributed by atoms with Crippen LogP contribution < -0.4 is 10.9 Å². The number of nitrogens with zero attached hydrogens (tertiary/aromatic N) is 2. The molecule has 0 aliphatic heterocycles. The zero-order valence-corrected chi connectivity index (χ0v) is 17.8. The number of fused-ring (bicyclic) bond motifs is 1. The molecule has 0 bridgehead atoms. The van der Waals surface area contributed by atoms with E-state index in [1.807, 2.05) is 19.1 Å². The maximum absolute atomic E-state index is 13.3. The van der Waals surface area contributed by atoms with Gasteiger partial charge in [0.25, 0.3) is 5.56 Å². The van der Waals surface area contributed by atoms with Crippen molar-refractivity contribution in [3.8, 4) is 5.69 Å². The molecule has 0 aliphatic carbocycles. The van der Waals surface area contributed by atoms with Gasteiger partial charge in [-0.25, -0.2) is 4.98 Å². The van der Waals surface area contributed by atoms with Gasteiger partial charge in [-0.3, -0.25) is 14.2 Å². The quantitative estimate of drug-likeness (QED) is 0.335. The van der Waals surface area contributed by atoms with Crippen molar-refractivity contribution in [3.05, 3.63) is 63.4 Å². The Kier molecular flexibility index (Phi) is 7.30. The van der Waals surface area contributed by atoms with Crippen molar-refractivity contribution in [2.45, 2.75) is 18.5 Å². The lowest BCUT2D eigenvalue weighted by Crippen LogP contribution is -2.28. The number of halogens is 1. The number of rotatable bonds is 8. The van der Waals surface area contributed by atoms with Gasteiger partial charge in [0.15, 0.2) is 5.16 Å². The van der Waals surface area contributed by atoms with Gasteiger partial charge in [0.2, 0.25) is 5.91 Å². The van der Waals surface area contributed by atoms with Gasteiger partial charge in [-0.2, -0.15) is 0 Å². The van der Waals surface area contributed by atoms with Gasteiger partial charge in [0, 0.05) is 25.3 Å². The standard InChI is InChI=1S/C21H22ClN3O3S/c1-14-16(22)8-5-10-18(14)25-20(27)15-7-3-4-9-17(15)24-21(25)29-13-19(26)23-11-6-12-28-2/h3-5,7-10H,6,11-13H2,1-2H3,(H,23,26). The lowest BCUT2D eigenvalue weighted by atomic mass is 10.2. The van der Waals surface area contributed by atoms with Crippen LogP contribution in [0.3, 0.4) is 0 Å². The first-order valence-corrected chi connectivity index (χ1v) is 10.5. The highest BCUT2D eigenvalue weighted by Crippen LogP contribution is 2.26. The highest BCUT2D eigenvalue weighted by atomic mass is 35.5. The van der Waals surface area contributed by atoms with Crippen LogP contribution in [0.15, 0.2) is 52.4 Å². The van der Waals surface area contributed by atoms with E-state index in [0.29, 0.717) is 39.9 Å². The second-order valence-corrected chi connectivity index (χ2v) is 7.77. The smallest absolute Gasteiger partial charge is 0.266 e. The van der Waals surface area contributed by atoms with Crippen LogP contribution in [0.25, 0.3) is 16.6 Å². The highest BCUT2D eigenvalue weighted by molar-refractivity contribution is 7.99. The van der Waals surface area contributed by atoms with Gasteiger partial charge < -0.3 is 10.1 Å². The monoisotopic (exact) mass is 431 g/mol. The van der Waals surface area contributed by atoms with Crippen LogP contribution in [0, 0.1) is 6.92 Å². The van der Waals surface area contributed by atoms with Crippen molar-refractivity contribution in [3.63, 3.8) is 0 Å². The molecule has 0 fully saturated rings. The molecular weight excluding hydrogens is 410 g/mol. The van der Waals surface area contributed by atoms with E-state index < -0.39 is 0 Å². The van der Waals surface area contributed by atoms with Gasteiger partial charge in [-0.1, -0.05) is 41.6 Å². The average molecular weight is 432 g/mol. The average Bonchev–Trinajstić information content (AvgIpc) is 2.72. The van der Waals surface area contributed by atoms with Crippen molar-refractivity contribution in [2.24, 2.45) is 0 Å². The SMILES string of the molecule is COCCCNC(=O)CSc1nc2ccccc2c(=O)n1-c1cccc(Cl)c1C. The molecule has 0 aliphatic rings. The molecule has 0 atom stereocenters. The molecule has 2 aromatic carbocycles. The summed E-state index contributed by atoms with van der Waals surface area (Å²) in [5, 5.41) is 4.37. The zero-order valence-electron chi connectivity index (χ0n) is 16.3. The normalized spacial score (nSPS) is 11.0. The van der Waals surface area contributed by atoms with Crippen molar-refractivity contribution in [2.75, 3.05) is 26.0 Å². The predicted octanol–water partition coefficient (Wildman–Crippen LogP) is 3.59. The maximum atomic E-state index is 13.3. The summed E-state index contributed by atoms with van der Waals surface area (Å²) in [5.74, 6) is 0.0278. The van der Waals surface area contributed by atoms with Gasteiger partial charge in [-0.15, -0.1) is 0 Å². The van der Waals surface area contributed by atoms with Gasteiger partial charge in [-0.05, 0) is 43.2 Å². The number of aromatic nitrogens is 2. The number of carbonyl (C=O) groups is 1. The lowest BCUT2D eigenvalue weighted by Gasteiger charge is -2.15. The molecule has 1 aromatic heterocycles. The molecule has 152 valence electrons. The lowest BCUT2D eigenvalue weighted by molar-refractivity contribution is -0.118. The van der Waals surface area contributed by atoms with E-state index in [-0.39, 0.29) is 17.2 Å². The fourth-order valence-corrected chi connectivity index (χ4v) is 3.89. The Balaban J connectivity index is 1.96. The van der Waals surface area contributed by atoms with E-state index in [1.165, 1.54) is 16.3 Å². The van der Waals surface area contributed by atoms with E-state index in [4.69, 9.17) is 16.3 Å². The van der Waals surface area contributed by atoms with Crippen LogP contribution in [0.1, 0.15) is 12.0 Å². The Morgan fingerprint density at radius 3 is 2.83 bits per heavy atom. The van der Waals surface area contributed by atoms with Crippen molar-refractivity contribution in [1.82, 2.24) is 14.9 Å². The maximum Gasteiger partial charge on any atom is 0.266 e. The van der Waals surface area contributed by atoms with Crippen LogP contribution in [0.5, 0.6) is 0 Å². The molecule has 29 heavy (non-hydrogen) atoms. The molecule has 0 saturated carbocycles. The molecule has 3 aromatic rings. The van der Waals surface area contributed by atoms with Gasteiger partial charge >= 0.3 is 0 Å². The molecule has 0 saturated heterocycles. The second-order valence-electron chi connectivity index (χ2n) is 6.42. The van der Waals surface area contributed by atoms with E-state index in [2.05, 4.69) is 10.3 Å². The van der Waals surface area contributed by atoms with E-state index >= 15 is 0 Å². The van der Waals surface area contributed by atoms with Crippen LogP contribution >= 0.6 is 23.4 Å². The van der Waals surface area contributed by atoms with Crippen LogP contribution in [-0.2, 0) is 9.53 Å². The topological polar surface area (TPSA) is 73.2 Å². The first-order chi connectivity index (χ1) is 14.0. The molecule has 1 N–H and O–H groups in total. The number of para-hydroxylation sites is 1. The van der Waals surface area contributed by atoms with E-state index in [9.17, 15) is 9.59 Å². The molecule has 3 rings (SSSR count). The third-order valence-electron chi connectivity index (χ3n) is 4.40. The molecule has 8 heteroatoms. The molecular formula is C21H22ClN3O3S. The minimum atomic E-state index is -0.191. The zero-order chi connectivity index (χ0) is 20.8. The summed E-state index contributed by atoms with van der Waals surface area (Å²) < 4.78 is 6.51. The number of ether oxygens (including phenoxy) is 1. The molecule has 6 nitrogen and oxygen atoms in total. The molecule has 0 radical (unpaired) electrons. The first-order valence-electron chi connectivity index (χ1n) is 9.18. The van der Waals surface area contributed by atoms with Crippen molar-refractivity contribution >= 4 is 40.2 Å². The van der Waals surface area contributed by atoms with Crippen LogP contribution in [0.2, 0.25) is 5.02 Å². The van der Waals surface area contributed by atoms with E-state index in [0.717, 1.165) is 12.0 Å². The van der Waals surface area contributed by atoms with Crippen LogP contribution in [-0.4, -0.2) is 41.5 Å². The number of nitrogens with one attached hydrogen (secondary N) is 1. The second kappa shape index (κ2) is 9.91. The Morgan fingerprint density at radius 2 is 2.03 bits per heavy atom. The predicted molar refractivity (Wildman–Crippen MR) is 117 cm³/mol. The Hall–Kier alpha value is -2.35. The van der Waals surface area contributed by atoms with Gasteiger partial charge in [0.05, 0.1) is 22.3 Å².